The zero-order valence-electron chi connectivity index (χ0n) is 17.4. The van der Waals surface area contributed by atoms with E-state index >= 15 is 0 Å². The topological polar surface area (TPSA) is 65.5 Å². The number of nitrogens with one attached hydrogen (secondary N) is 1. The molecule has 0 aliphatic carbocycles. The first-order valence-corrected chi connectivity index (χ1v) is 10.8. The Balaban J connectivity index is 1.60. The number of anilines is 4. The second-order valence-corrected chi connectivity index (χ2v) is 8.40. The van der Waals surface area contributed by atoms with Gasteiger partial charge in [-0.2, -0.15) is 4.98 Å². The van der Waals surface area contributed by atoms with Gasteiger partial charge in [-0.25, -0.2) is 0 Å². The third-order valence-corrected chi connectivity index (χ3v) is 5.85. The van der Waals surface area contributed by atoms with Crippen molar-refractivity contribution in [3.05, 3.63) is 94.9 Å². The third kappa shape index (κ3) is 4.92. The smallest absolute Gasteiger partial charge is 0.229 e. The number of benzene rings is 3. The van der Waals surface area contributed by atoms with Gasteiger partial charge in [0.25, 0.3) is 0 Å². The van der Waals surface area contributed by atoms with Crippen LogP contribution in [-0.4, -0.2) is 16.0 Å². The largest absolute Gasteiger partial charge is 0.492 e. The average Bonchev–Trinajstić information content (AvgIpc) is 3.11. The maximum atomic E-state index is 12.5. The SMILES string of the molecule is Cc1ccc(NC(=O)Cc2sc(N(c3ccccc3)c3ccc(C)cc3)nc2O)cc1. The van der Waals surface area contributed by atoms with Crippen LogP contribution in [0.2, 0.25) is 0 Å². The molecule has 4 rings (SSSR count). The molecule has 4 aromatic rings. The number of hydrogen-bond acceptors (Lipinski definition) is 5. The third-order valence-electron chi connectivity index (χ3n) is 4.82. The Morgan fingerprint density at radius 3 is 2.13 bits per heavy atom. The van der Waals surface area contributed by atoms with Crippen LogP contribution in [0.5, 0.6) is 5.88 Å². The number of amides is 1. The van der Waals surface area contributed by atoms with E-state index in [-0.39, 0.29) is 18.2 Å². The Morgan fingerprint density at radius 2 is 1.48 bits per heavy atom. The highest BCUT2D eigenvalue weighted by molar-refractivity contribution is 7.16. The fourth-order valence-corrected chi connectivity index (χ4v) is 4.17. The summed E-state index contributed by atoms with van der Waals surface area (Å²) in [6.07, 6.45) is 0.0495. The molecule has 0 bridgehead atoms. The van der Waals surface area contributed by atoms with Crippen molar-refractivity contribution in [1.82, 2.24) is 4.98 Å². The Hall–Kier alpha value is -3.64. The van der Waals surface area contributed by atoms with E-state index in [0.717, 1.165) is 28.2 Å². The molecule has 0 aliphatic heterocycles. The van der Waals surface area contributed by atoms with Gasteiger partial charge in [-0.1, -0.05) is 64.9 Å². The van der Waals surface area contributed by atoms with E-state index in [4.69, 9.17) is 0 Å². The lowest BCUT2D eigenvalue weighted by atomic mass is 10.2. The van der Waals surface area contributed by atoms with Crippen LogP contribution in [0.15, 0.2) is 78.9 Å². The molecule has 1 heterocycles. The van der Waals surface area contributed by atoms with Crippen LogP contribution in [0.3, 0.4) is 0 Å². The monoisotopic (exact) mass is 429 g/mol. The summed E-state index contributed by atoms with van der Waals surface area (Å²) < 4.78 is 0. The Bertz CT molecular complexity index is 1170. The molecule has 0 fully saturated rings. The van der Waals surface area contributed by atoms with Gasteiger partial charge in [0.15, 0.2) is 5.13 Å². The molecule has 0 aliphatic rings. The molecule has 5 nitrogen and oxygen atoms in total. The number of carbonyl (C=O) groups excluding carboxylic acids is 1. The predicted octanol–water partition coefficient (Wildman–Crippen LogP) is 6.12. The van der Waals surface area contributed by atoms with Gasteiger partial charge >= 0.3 is 0 Å². The van der Waals surface area contributed by atoms with Gasteiger partial charge in [0.05, 0.1) is 11.3 Å². The van der Waals surface area contributed by atoms with E-state index in [2.05, 4.69) is 10.3 Å². The highest BCUT2D eigenvalue weighted by Gasteiger charge is 2.21. The number of nitrogens with zero attached hydrogens (tertiary/aromatic N) is 2. The van der Waals surface area contributed by atoms with E-state index in [1.165, 1.54) is 11.3 Å². The second-order valence-electron chi connectivity index (χ2n) is 7.34. The Morgan fingerprint density at radius 1 is 0.903 bits per heavy atom. The average molecular weight is 430 g/mol. The zero-order valence-corrected chi connectivity index (χ0v) is 18.2. The first-order chi connectivity index (χ1) is 15.0. The minimum Gasteiger partial charge on any atom is -0.492 e. The molecular weight excluding hydrogens is 406 g/mol. The lowest BCUT2D eigenvalue weighted by molar-refractivity contribution is -0.115. The summed E-state index contributed by atoms with van der Waals surface area (Å²) in [5, 5.41) is 13.9. The second kappa shape index (κ2) is 9.02. The summed E-state index contributed by atoms with van der Waals surface area (Å²) in [6.45, 7) is 4.03. The summed E-state index contributed by atoms with van der Waals surface area (Å²) in [5.74, 6) is -0.317. The normalized spacial score (nSPS) is 10.6. The molecule has 0 spiro atoms. The molecule has 1 amide bonds. The van der Waals surface area contributed by atoms with Gasteiger partial charge in [0.2, 0.25) is 11.8 Å². The summed E-state index contributed by atoms with van der Waals surface area (Å²) in [7, 11) is 0. The van der Waals surface area contributed by atoms with E-state index in [1.54, 1.807) is 0 Å². The summed E-state index contributed by atoms with van der Waals surface area (Å²) >= 11 is 1.31. The van der Waals surface area contributed by atoms with Gasteiger partial charge in [-0.3, -0.25) is 9.69 Å². The standard InChI is InChI=1S/C25H23N3O2S/c1-17-8-12-19(13-9-17)26-23(29)16-22-24(30)27-25(31-22)28(20-6-4-3-5-7-20)21-14-10-18(2)11-15-21/h3-15,30H,16H2,1-2H3,(H,26,29). The van der Waals surface area contributed by atoms with Crippen LogP contribution >= 0.6 is 11.3 Å². The summed E-state index contributed by atoms with van der Waals surface area (Å²) in [4.78, 5) is 19.4. The minimum atomic E-state index is -0.198. The minimum absolute atomic E-state index is 0.0495. The number of hydrogen-bond donors (Lipinski definition) is 2. The quantitative estimate of drug-likeness (QED) is 0.388. The molecule has 0 atom stereocenters. The van der Waals surface area contributed by atoms with Crippen LogP contribution < -0.4 is 10.2 Å². The molecule has 156 valence electrons. The molecule has 3 aromatic carbocycles. The molecule has 0 unspecified atom stereocenters. The van der Waals surface area contributed by atoms with E-state index in [1.807, 2.05) is 97.6 Å². The van der Waals surface area contributed by atoms with Crippen molar-refractivity contribution in [3.8, 4) is 5.88 Å². The first-order valence-electron chi connectivity index (χ1n) is 9.96. The predicted molar refractivity (Wildman–Crippen MR) is 127 cm³/mol. The van der Waals surface area contributed by atoms with E-state index in [0.29, 0.717) is 10.0 Å². The molecule has 0 radical (unpaired) electrons. The fourth-order valence-electron chi connectivity index (χ4n) is 3.17. The molecule has 2 N–H and O–H groups in total. The van der Waals surface area contributed by atoms with Gasteiger partial charge in [0.1, 0.15) is 0 Å². The van der Waals surface area contributed by atoms with Crippen molar-refractivity contribution in [2.24, 2.45) is 0 Å². The number of para-hydroxylation sites is 1. The molecule has 1 aromatic heterocycles. The van der Waals surface area contributed by atoms with Gasteiger partial charge in [-0.05, 0) is 50.2 Å². The van der Waals surface area contributed by atoms with Crippen molar-refractivity contribution >= 4 is 39.4 Å². The highest BCUT2D eigenvalue weighted by Crippen LogP contribution is 2.40. The van der Waals surface area contributed by atoms with Gasteiger partial charge < -0.3 is 10.4 Å². The van der Waals surface area contributed by atoms with E-state index in [9.17, 15) is 9.90 Å². The van der Waals surface area contributed by atoms with Crippen molar-refractivity contribution in [2.45, 2.75) is 20.3 Å². The maximum Gasteiger partial charge on any atom is 0.229 e. The Labute approximate surface area is 185 Å². The van der Waals surface area contributed by atoms with E-state index < -0.39 is 0 Å². The van der Waals surface area contributed by atoms with Crippen LogP contribution in [0.1, 0.15) is 16.0 Å². The lowest BCUT2D eigenvalue weighted by Gasteiger charge is -2.22. The summed E-state index contributed by atoms with van der Waals surface area (Å²) in [6, 6.07) is 25.6. The number of aryl methyl sites for hydroxylation is 2. The molecular formula is C25H23N3O2S. The van der Waals surface area contributed by atoms with Crippen LogP contribution in [0, 0.1) is 13.8 Å². The number of aromatic hydroxyl groups is 1. The number of rotatable bonds is 6. The molecule has 0 saturated carbocycles. The Kier molecular flexibility index (Phi) is 6.00. The highest BCUT2D eigenvalue weighted by atomic mass is 32.1. The van der Waals surface area contributed by atoms with Crippen LogP contribution in [-0.2, 0) is 11.2 Å². The molecule has 0 saturated heterocycles. The van der Waals surface area contributed by atoms with Gasteiger partial charge in [0, 0.05) is 17.1 Å². The number of aromatic nitrogens is 1. The number of thiazole rings is 1. The van der Waals surface area contributed by atoms with Crippen molar-refractivity contribution < 1.29 is 9.90 Å². The number of carbonyl (C=O) groups is 1. The first kappa shape index (κ1) is 20.6. The molecule has 31 heavy (non-hydrogen) atoms. The zero-order chi connectivity index (χ0) is 21.8. The van der Waals surface area contributed by atoms with Crippen molar-refractivity contribution in [3.63, 3.8) is 0 Å². The maximum absolute atomic E-state index is 12.5. The lowest BCUT2D eigenvalue weighted by Crippen LogP contribution is -2.13. The van der Waals surface area contributed by atoms with Crippen molar-refractivity contribution in [2.75, 3.05) is 10.2 Å². The summed E-state index contributed by atoms with van der Waals surface area (Å²) in [5.41, 5.74) is 4.87. The van der Waals surface area contributed by atoms with Crippen LogP contribution in [0.25, 0.3) is 0 Å². The van der Waals surface area contributed by atoms with Gasteiger partial charge in [-0.15, -0.1) is 0 Å². The van der Waals surface area contributed by atoms with Crippen LogP contribution in [0.4, 0.5) is 22.2 Å². The fraction of sp³-hybridized carbons (Fsp3) is 0.120. The molecule has 6 heteroatoms. The van der Waals surface area contributed by atoms with Crippen molar-refractivity contribution in [1.29, 1.82) is 0 Å².